The van der Waals surface area contributed by atoms with Gasteiger partial charge in [-0.15, -0.1) is 0 Å². The molecule has 0 aliphatic carbocycles. The minimum atomic E-state index is -0.126. The average Bonchev–Trinajstić information content (AvgIpc) is 2.37. The molecule has 5 heteroatoms. The number of aromatic nitrogens is 1. The second-order valence-electron chi connectivity index (χ2n) is 4.22. The maximum absolute atomic E-state index is 11.8. The Balaban J connectivity index is 2.01. The minimum Gasteiger partial charge on any atom is -0.397 e. The van der Waals surface area contributed by atoms with Crippen LogP contribution in [0.5, 0.6) is 0 Å². The molecule has 0 aliphatic rings. The molecule has 2 aromatic rings. The first-order valence-electron chi connectivity index (χ1n) is 5.82. The summed E-state index contributed by atoms with van der Waals surface area (Å²) in [5.41, 5.74) is 7.87. The number of hydrogen-bond donors (Lipinski definition) is 2. The number of pyridine rings is 1. The first-order valence-corrected chi connectivity index (χ1v) is 6.20. The van der Waals surface area contributed by atoms with Gasteiger partial charge in [0.15, 0.2) is 0 Å². The lowest BCUT2D eigenvalue weighted by atomic mass is 10.1. The monoisotopic (exact) mass is 275 g/mol. The molecule has 0 spiro atoms. The van der Waals surface area contributed by atoms with Gasteiger partial charge in [-0.1, -0.05) is 23.7 Å². The van der Waals surface area contributed by atoms with E-state index in [1.807, 2.05) is 12.1 Å². The molecular formula is C14H14ClN3O. The van der Waals surface area contributed by atoms with Crippen molar-refractivity contribution in [3.8, 4) is 0 Å². The van der Waals surface area contributed by atoms with E-state index in [0.29, 0.717) is 22.2 Å². The summed E-state index contributed by atoms with van der Waals surface area (Å²) in [6, 6.07) is 10.6. The molecule has 3 N–H and O–H groups in total. The van der Waals surface area contributed by atoms with Crippen molar-refractivity contribution >= 4 is 29.0 Å². The van der Waals surface area contributed by atoms with Gasteiger partial charge in [0.05, 0.1) is 17.8 Å². The summed E-state index contributed by atoms with van der Waals surface area (Å²) >= 11 is 5.79. The molecule has 1 aromatic carbocycles. The lowest BCUT2D eigenvalue weighted by Crippen LogP contribution is -2.15. The van der Waals surface area contributed by atoms with Crippen molar-refractivity contribution in [3.63, 3.8) is 0 Å². The number of carbonyl (C=O) groups excluding carboxylic acids is 1. The number of halogens is 1. The van der Waals surface area contributed by atoms with Gasteiger partial charge in [0.2, 0.25) is 5.91 Å². The molecule has 4 nitrogen and oxygen atoms in total. The Kier molecular flexibility index (Phi) is 4.02. The van der Waals surface area contributed by atoms with E-state index in [-0.39, 0.29) is 12.3 Å². The highest BCUT2D eigenvalue weighted by atomic mass is 35.5. The fourth-order valence-corrected chi connectivity index (χ4v) is 1.74. The number of nitrogens with zero attached hydrogens (tertiary/aromatic N) is 1. The molecule has 0 saturated heterocycles. The third kappa shape index (κ3) is 3.69. The zero-order valence-corrected chi connectivity index (χ0v) is 11.2. The quantitative estimate of drug-likeness (QED) is 0.905. The summed E-state index contributed by atoms with van der Waals surface area (Å²) in [6.45, 7) is 1.80. The highest BCUT2D eigenvalue weighted by molar-refractivity contribution is 6.30. The van der Waals surface area contributed by atoms with Gasteiger partial charge in [-0.25, -0.2) is 4.98 Å². The summed E-state index contributed by atoms with van der Waals surface area (Å²) in [5, 5.41) is 3.39. The van der Waals surface area contributed by atoms with Crippen LogP contribution in [0.25, 0.3) is 0 Å². The number of aryl methyl sites for hydroxylation is 1. The van der Waals surface area contributed by atoms with Crippen LogP contribution in [0.1, 0.15) is 11.3 Å². The molecule has 2 rings (SSSR count). The lowest BCUT2D eigenvalue weighted by Gasteiger charge is -2.06. The van der Waals surface area contributed by atoms with Crippen LogP contribution in [0.2, 0.25) is 5.02 Å². The zero-order valence-electron chi connectivity index (χ0n) is 10.5. The van der Waals surface area contributed by atoms with Crippen LogP contribution in [0.4, 0.5) is 11.5 Å². The van der Waals surface area contributed by atoms with Gasteiger partial charge in [0.25, 0.3) is 0 Å². The number of nitrogens with one attached hydrogen (secondary N) is 1. The number of rotatable bonds is 3. The molecule has 98 valence electrons. The van der Waals surface area contributed by atoms with Crippen molar-refractivity contribution in [2.24, 2.45) is 0 Å². The van der Waals surface area contributed by atoms with Crippen LogP contribution < -0.4 is 11.1 Å². The molecule has 0 fully saturated rings. The fourth-order valence-electron chi connectivity index (χ4n) is 1.62. The summed E-state index contributed by atoms with van der Waals surface area (Å²) < 4.78 is 0. The molecule has 1 amide bonds. The molecule has 0 bridgehead atoms. The fraction of sp³-hybridized carbons (Fsp3) is 0.143. The SMILES string of the molecule is Cc1nc(NC(=O)Cc2ccc(Cl)cc2)ccc1N. The van der Waals surface area contributed by atoms with Gasteiger partial charge in [0.1, 0.15) is 5.82 Å². The van der Waals surface area contributed by atoms with Crippen LogP contribution in [-0.4, -0.2) is 10.9 Å². The third-order valence-corrected chi connectivity index (χ3v) is 2.92. The topological polar surface area (TPSA) is 68.0 Å². The van der Waals surface area contributed by atoms with E-state index in [9.17, 15) is 4.79 Å². The van der Waals surface area contributed by atoms with Gasteiger partial charge < -0.3 is 11.1 Å². The van der Waals surface area contributed by atoms with E-state index in [1.54, 1.807) is 31.2 Å². The Labute approximate surface area is 116 Å². The molecular weight excluding hydrogens is 262 g/mol. The molecule has 1 heterocycles. The lowest BCUT2D eigenvalue weighted by molar-refractivity contribution is -0.115. The maximum Gasteiger partial charge on any atom is 0.229 e. The molecule has 19 heavy (non-hydrogen) atoms. The zero-order chi connectivity index (χ0) is 13.8. The van der Waals surface area contributed by atoms with Crippen molar-refractivity contribution in [2.45, 2.75) is 13.3 Å². The van der Waals surface area contributed by atoms with Crippen LogP contribution in [0.3, 0.4) is 0 Å². The van der Waals surface area contributed by atoms with E-state index in [2.05, 4.69) is 10.3 Å². The summed E-state index contributed by atoms with van der Waals surface area (Å²) in [7, 11) is 0. The van der Waals surface area contributed by atoms with E-state index in [0.717, 1.165) is 5.56 Å². The minimum absolute atomic E-state index is 0.126. The predicted molar refractivity (Wildman–Crippen MR) is 77.2 cm³/mol. The van der Waals surface area contributed by atoms with Gasteiger partial charge in [-0.05, 0) is 36.8 Å². The van der Waals surface area contributed by atoms with Gasteiger partial charge in [-0.3, -0.25) is 4.79 Å². The Morgan fingerprint density at radius 2 is 1.95 bits per heavy atom. The van der Waals surface area contributed by atoms with Crippen LogP contribution in [0, 0.1) is 6.92 Å². The van der Waals surface area contributed by atoms with Gasteiger partial charge >= 0.3 is 0 Å². The van der Waals surface area contributed by atoms with Crippen molar-refractivity contribution in [1.29, 1.82) is 0 Å². The van der Waals surface area contributed by atoms with Gasteiger partial charge in [-0.2, -0.15) is 0 Å². The number of anilines is 2. The Morgan fingerprint density at radius 1 is 1.26 bits per heavy atom. The first kappa shape index (κ1) is 13.4. The third-order valence-electron chi connectivity index (χ3n) is 2.67. The number of amides is 1. The largest absolute Gasteiger partial charge is 0.397 e. The normalized spacial score (nSPS) is 10.2. The summed E-state index contributed by atoms with van der Waals surface area (Å²) in [5.74, 6) is 0.379. The first-order chi connectivity index (χ1) is 9.04. The maximum atomic E-state index is 11.8. The Hall–Kier alpha value is -2.07. The molecule has 0 radical (unpaired) electrons. The van der Waals surface area contributed by atoms with Crippen molar-refractivity contribution in [1.82, 2.24) is 4.98 Å². The Morgan fingerprint density at radius 3 is 2.58 bits per heavy atom. The predicted octanol–water partition coefficient (Wildman–Crippen LogP) is 2.81. The van der Waals surface area contributed by atoms with E-state index >= 15 is 0 Å². The summed E-state index contributed by atoms with van der Waals surface area (Å²) in [6.07, 6.45) is 0.280. The molecule has 1 aromatic heterocycles. The molecule has 0 aliphatic heterocycles. The molecule has 0 saturated carbocycles. The van der Waals surface area contributed by atoms with Crippen LogP contribution >= 0.6 is 11.6 Å². The van der Waals surface area contributed by atoms with Crippen molar-refractivity contribution in [3.05, 3.63) is 52.7 Å². The highest BCUT2D eigenvalue weighted by Crippen LogP contribution is 2.13. The number of nitrogen functional groups attached to an aromatic ring is 1. The molecule has 0 unspecified atom stereocenters. The van der Waals surface area contributed by atoms with Crippen LogP contribution in [0.15, 0.2) is 36.4 Å². The highest BCUT2D eigenvalue weighted by Gasteiger charge is 2.06. The number of benzene rings is 1. The number of carbonyl (C=O) groups is 1. The average molecular weight is 276 g/mol. The number of nitrogens with two attached hydrogens (primary N) is 1. The Bertz CT molecular complexity index is 596. The number of hydrogen-bond acceptors (Lipinski definition) is 3. The molecule has 0 atom stereocenters. The van der Waals surface area contributed by atoms with E-state index in [4.69, 9.17) is 17.3 Å². The standard InChI is InChI=1S/C14H14ClN3O/c1-9-12(16)6-7-13(17-9)18-14(19)8-10-2-4-11(15)5-3-10/h2-7H,8,16H2,1H3,(H,17,18,19). The van der Waals surface area contributed by atoms with E-state index < -0.39 is 0 Å². The van der Waals surface area contributed by atoms with E-state index in [1.165, 1.54) is 0 Å². The summed E-state index contributed by atoms with van der Waals surface area (Å²) in [4.78, 5) is 16.0. The smallest absolute Gasteiger partial charge is 0.229 e. The van der Waals surface area contributed by atoms with Crippen LogP contribution in [-0.2, 0) is 11.2 Å². The van der Waals surface area contributed by atoms with Gasteiger partial charge in [0, 0.05) is 5.02 Å². The van der Waals surface area contributed by atoms with Crippen molar-refractivity contribution < 1.29 is 4.79 Å². The second-order valence-corrected chi connectivity index (χ2v) is 4.66. The van der Waals surface area contributed by atoms with Crippen molar-refractivity contribution in [2.75, 3.05) is 11.1 Å². The second kappa shape index (κ2) is 5.71.